The van der Waals surface area contributed by atoms with Crippen LogP contribution < -0.4 is 5.32 Å². The Hall–Kier alpha value is -1.85. The third-order valence-electron chi connectivity index (χ3n) is 4.34. The van der Waals surface area contributed by atoms with E-state index in [0.29, 0.717) is 28.8 Å². The van der Waals surface area contributed by atoms with E-state index < -0.39 is 0 Å². The summed E-state index contributed by atoms with van der Waals surface area (Å²) < 4.78 is 0. The van der Waals surface area contributed by atoms with Gasteiger partial charge < -0.3 is 15.4 Å². The molecule has 2 aromatic rings. The molecule has 1 heterocycles. The molecule has 1 aromatic carbocycles. The number of nitrogens with zero attached hydrogens (tertiary/aromatic N) is 1. The fourth-order valence-corrected chi connectivity index (χ4v) is 3.21. The van der Waals surface area contributed by atoms with Crippen LogP contribution in [-0.4, -0.2) is 33.6 Å². The normalized spacial score (nSPS) is 20.7. The third-order valence-corrected chi connectivity index (χ3v) is 4.58. The molecule has 1 amide bonds. The van der Waals surface area contributed by atoms with Crippen molar-refractivity contribution in [1.29, 1.82) is 0 Å². The molecule has 0 saturated heterocycles. The maximum atomic E-state index is 12.3. The van der Waals surface area contributed by atoms with Crippen LogP contribution in [0.5, 0.6) is 0 Å². The molecule has 2 atom stereocenters. The Kier molecular flexibility index (Phi) is 4.68. The molecule has 122 valence electrons. The summed E-state index contributed by atoms with van der Waals surface area (Å²) in [7, 11) is 0. The van der Waals surface area contributed by atoms with Gasteiger partial charge in [-0.1, -0.05) is 30.2 Å². The molecular formula is C17H20ClN3O2. The highest BCUT2D eigenvalue weighted by atomic mass is 35.5. The fraction of sp³-hybridized carbons (Fsp3) is 0.412. The number of carbonyl (C=O) groups excluding carboxylic acids is 1. The summed E-state index contributed by atoms with van der Waals surface area (Å²) in [4.78, 5) is 19.9. The minimum atomic E-state index is -0.308. The van der Waals surface area contributed by atoms with Gasteiger partial charge in [0.25, 0.3) is 5.91 Å². The molecule has 6 heteroatoms. The highest BCUT2D eigenvalue weighted by Gasteiger charge is 2.26. The molecule has 0 aliphatic heterocycles. The van der Waals surface area contributed by atoms with Crippen molar-refractivity contribution < 1.29 is 9.90 Å². The van der Waals surface area contributed by atoms with Crippen LogP contribution >= 0.6 is 11.6 Å². The zero-order valence-corrected chi connectivity index (χ0v) is 13.7. The number of aromatic nitrogens is 2. The predicted molar refractivity (Wildman–Crippen MR) is 89.5 cm³/mol. The number of halogens is 1. The summed E-state index contributed by atoms with van der Waals surface area (Å²) >= 11 is 6.00. The van der Waals surface area contributed by atoms with Gasteiger partial charge in [0, 0.05) is 28.7 Å². The number of aryl methyl sites for hydroxylation is 1. The van der Waals surface area contributed by atoms with Crippen LogP contribution in [0.4, 0.5) is 0 Å². The number of aliphatic hydroxyl groups is 1. The number of aliphatic hydroxyl groups excluding tert-OH is 1. The smallest absolute Gasteiger partial charge is 0.271 e. The lowest BCUT2D eigenvalue weighted by atomic mass is 10.1. The number of amides is 1. The molecule has 2 unspecified atom stereocenters. The molecule has 0 spiro atoms. The summed E-state index contributed by atoms with van der Waals surface area (Å²) in [6.07, 6.45) is 2.48. The number of benzene rings is 1. The molecule has 3 N–H and O–H groups in total. The van der Waals surface area contributed by atoms with E-state index in [2.05, 4.69) is 15.3 Å². The average Bonchev–Trinajstić information content (AvgIpc) is 3.11. The minimum Gasteiger partial charge on any atom is -0.393 e. The standard InChI is InChI=1S/C17H20ClN3O2/c1-10-15(17(23)19-9-12-5-3-7-14(12)22)21-16(20-10)11-4-2-6-13(18)8-11/h2,4,6,8,12,14,22H,3,5,7,9H2,1H3,(H,19,23)(H,20,21). The summed E-state index contributed by atoms with van der Waals surface area (Å²) in [6, 6.07) is 7.33. The predicted octanol–water partition coefficient (Wildman–Crippen LogP) is 2.93. The van der Waals surface area contributed by atoms with Gasteiger partial charge in [-0.2, -0.15) is 0 Å². The van der Waals surface area contributed by atoms with Gasteiger partial charge >= 0.3 is 0 Å². The highest BCUT2D eigenvalue weighted by Crippen LogP contribution is 2.25. The number of rotatable bonds is 4. The maximum Gasteiger partial charge on any atom is 0.271 e. The molecule has 23 heavy (non-hydrogen) atoms. The minimum absolute atomic E-state index is 0.144. The third kappa shape index (κ3) is 3.57. The lowest BCUT2D eigenvalue weighted by Crippen LogP contribution is -2.32. The van der Waals surface area contributed by atoms with Gasteiger partial charge in [0.05, 0.1) is 6.10 Å². The van der Waals surface area contributed by atoms with Crippen LogP contribution in [0.15, 0.2) is 24.3 Å². The molecular weight excluding hydrogens is 314 g/mol. The number of aromatic amines is 1. The molecule has 1 aliphatic rings. The Morgan fingerprint density at radius 2 is 2.30 bits per heavy atom. The van der Waals surface area contributed by atoms with Crippen molar-refractivity contribution in [3.8, 4) is 11.4 Å². The molecule has 1 saturated carbocycles. The number of imidazole rings is 1. The van der Waals surface area contributed by atoms with Gasteiger partial charge in [-0.15, -0.1) is 0 Å². The number of nitrogens with one attached hydrogen (secondary N) is 2. The van der Waals surface area contributed by atoms with Crippen molar-refractivity contribution in [2.75, 3.05) is 6.54 Å². The topological polar surface area (TPSA) is 78.0 Å². The monoisotopic (exact) mass is 333 g/mol. The molecule has 0 radical (unpaired) electrons. The van der Waals surface area contributed by atoms with Crippen LogP contribution in [0.1, 0.15) is 35.4 Å². The summed E-state index contributed by atoms with van der Waals surface area (Å²) in [5.41, 5.74) is 1.93. The van der Waals surface area contributed by atoms with E-state index in [1.807, 2.05) is 19.1 Å². The van der Waals surface area contributed by atoms with E-state index in [-0.39, 0.29) is 17.9 Å². The maximum absolute atomic E-state index is 12.3. The quantitative estimate of drug-likeness (QED) is 0.805. The van der Waals surface area contributed by atoms with E-state index in [9.17, 15) is 9.90 Å². The molecule has 1 aromatic heterocycles. The molecule has 3 rings (SSSR count). The molecule has 1 aliphatic carbocycles. The second-order valence-electron chi connectivity index (χ2n) is 6.04. The van der Waals surface area contributed by atoms with Crippen LogP contribution in [0.3, 0.4) is 0 Å². The second-order valence-corrected chi connectivity index (χ2v) is 6.47. The first-order valence-electron chi connectivity index (χ1n) is 7.83. The van der Waals surface area contributed by atoms with Crippen LogP contribution in [-0.2, 0) is 0 Å². The van der Waals surface area contributed by atoms with Crippen molar-refractivity contribution in [3.63, 3.8) is 0 Å². The van der Waals surface area contributed by atoms with Crippen molar-refractivity contribution in [3.05, 3.63) is 40.7 Å². The van der Waals surface area contributed by atoms with E-state index in [1.54, 1.807) is 12.1 Å². The van der Waals surface area contributed by atoms with E-state index in [4.69, 9.17) is 11.6 Å². The van der Waals surface area contributed by atoms with Gasteiger partial charge in [-0.05, 0) is 31.9 Å². The molecule has 5 nitrogen and oxygen atoms in total. The summed E-state index contributed by atoms with van der Waals surface area (Å²) in [5, 5.41) is 13.3. The van der Waals surface area contributed by atoms with Gasteiger partial charge in [-0.25, -0.2) is 4.98 Å². The van der Waals surface area contributed by atoms with Gasteiger partial charge in [0.1, 0.15) is 11.5 Å². The average molecular weight is 334 g/mol. The van der Waals surface area contributed by atoms with Crippen molar-refractivity contribution in [2.24, 2.45) is 5.92 Å². The van der Waals surface area contributed by atoms with Gasteiger partial charge in [0.2, 0.25) is 0 Å². The molecule has 1 fully saturated rings. The summed E-state index contributed by atoms with van der Waals surface area (Å²) in [5.74, 6) is 0.549. The Morgan fingerprint density at radius 1 is 1.48 bits per heavy atom. The van der Waals surface area contributed by atoms with Crippen LogP contribution in [0, 0.1) is 12.8 Å². The number of H-pyrrole nitrogens is 1. The van der Waals surface area contributed by atoms with E-state index in [1.165, 1.54) is 0 Å². The largest absolute Gasteiger partial charge is 0.393 e. The second kappa shape index (κ2) is 6.72. The van der Waals surface area contributed by atoms with Crippen molar-refractivity contribution >= 4 is 17.5 Å². The zero-order chi connectivity index (χ0) is 16.4. The fourth-order valence-electron chi connectivity index (χ4n) is 3.02. The van der Waals surface area contributed by atoms with Crippen LogP contribution in [0.2, 0.25) is 5.02 Å². The van der Waals surface area contributed by atoms with Gasteiger partial charge in [0.15, 0.2) is 0 Å². The van der Waals surface area contributed by atoms with Crippen LogP contribution in [0.25, 0.3) is 11.4 Å². The first-order valence-corrected chi connectivity index (χ1v) is 8.21. The SMILES string of the molecule is Cc1[nH]c(-c2cccc(Cl)c2)nc1C(=O)NCC1CCCC1O. The first kappa shape index (κ1) is 16.0. The lowest BCUT2D eigenvalue weighted by Gasteiger charge is -2.14. The lowest BCUT2D eigenvalue weighted by molar-refractivity contribution is 0.0912. The summed E-state index contributed by atoms with van der Waals surface area (Å²) in [6.45, 7) is 2.30. The Bertz CT molecular complexity index is 714. The first-order chi connectivity index (χ1) is 11.0. The number of carbonyl (C=O) groups is 1. The number of hydrogen-bond acceptors (Lipinski definition) is 3. The van der Waals surface area contributed by atoms with Crippen molar-refractivity contribution in [1.82, 2.24) is 15.3 Å². The van der Waals surface area contributed by atoms with E-state index >= 15 is 0 Å². The Balaban J connectivity index is 1.71. The molecule has 0 bridgehead atoms. The van der Waals surface area contributed by atoms with E-state index in [0.717, 1.165) is 24.8 Å². The highest BCUT2D eigenvalue weighted by molar-refractivity contribution is 6.30. The zero-order valence-electron chi connectivity index (χ0n) is 13.0. The number of hydrogen-bond donors (Lipinski definition) is 3. The van der Waals surface area contributed by atoms with Crippen molar-refractivity contribution in [2.45, 2.75) is 32.3 Å². The Labute approximate surface area is 140 Å². The van der Waals surface area contributed by atoms with Gasteiger partial charge in [-0.3, -0.25) is 4.79 Å². The Morgan fingerprint density at radius 3 is 3.00 bits per heavy atom.